The number of amides is 1. The standard InChI is InChI=1S/C20H16N6O3S/c1-12-6-3-4-9-16(12)17-11-30-20(21-17)22-19(27)18-13(2)25(24-23-18)14-7-5-8-15(10-14)26(28)29/h3-11H,1-2H3,(H,21,22,27). The van der Waals surface area contributed by atoms with Gasteiger partial charge >= 0.3 is 0 Å². The van der Waals surface area contributed by atoms with Crippen molar-refractivity contribution in [1.82, 2.24) is 20.0 Å². The Bertz CT molecular complexity index is 1260. The van der Waals surface area contributed by atoms with Crippen molar-refractivity contribution >= 4 is 28.1 Å². The van der Waals surface area contributed by atoms with Crippen LogP contribution in [0.4, 0.5) is 10.8 Å². The number of anilines is 1. The molecule has 4 rings (SSSR count). The van der Waals surface area contributed by atoms with E-state index >= 15 is 0 Å². The van der Waals surface area contributed by atoms with Gasteiger partial charge in [0.1, 0.15) is 0 Å². The van der Waals surface area contributed by atoms with Crippen LogP contribution in [0.15, 0.2) is 53.9 Å². The van der Waals surface area contributed by atoms with Crippen LogP contribution in [0.5, 0.6) is 0 Å². The van der Waals surface area contributed by atoms with Gasteiger partial charge in [-0.25, -0.2) is 9.67 Å². The molecule has 0 saturated heterocycles. The number of non-ortho nitro benzene ring substituents is 1. The largest absolute Gasteiger partial charge is 0.296 e. The summed E-state index contributed by atoms with van der Waals surface area (Å²) in [5, 5.41) is 24.0. The number of nitrogens with one attached hydrogen (secondary N) is 1. The smallest absolute Gasteiger partial charge is 0.279 e. The van der Waals surface area contributed by atoms with Crippen molar-refractivity contribution in [3.8, 4) is 16.9 Å². The van der Waals surface area contributed by atoms with E-state index in [1.165, 1.54) is 28.2 Å². The van der Waals surface area contributed by atoms with Crippen molar-refractivity contribution in [2.75, 3.05) is 5.32 Å². The molecule has 0 spiro atoms. The minimum atomic E-state index is -0.488. The molecule has 2 aromatic carbocycles. The van der Waals surface area contributed by atoms with E-state index in [1.54, 1.807) is 19.1 Å². The van der Waals surface area contributed by atoms with Crippen molar-refractivity contribution in [3.63, 3.8) is 0 Å². The number of aromatic nitrogens is 4. The summed E-state index contributed by atoms with van der Waals surface area (Å²) in [6, 6.07) is 13.9. The number of benzene rings is 2. The maximum Gasteiger partial charge on any atom is 0.279 e. The predicted molar refractivity (Wildman–Crippen MR) is 113 cm³/mol. The molecule has 10 heteroatoms. The average Bonchev–Trinajstić information content (AvgIpc) is 3.35. The maximum atomic E-state index is 12.7. The average molecular weight is 420 g/mol. The first-order valence-electron chi connectivity index (χ1n) is 8.94. The highest BCUT2D eigenvalue weighted by atomic mass is 32.1. The van der Waals surface area contributed by atoms with Gasteiger partial charge in [0, 0.05) is 23.1 Å². The fourth-order valence-corrected chi connectivity index (χ4v) is 3.70. The molecule has 0 fully saturated rings. The molecule has 4 aromatic rings. The van der Waals surface area contributed by atoms with Gasteiger partial charge in [-0.1, -0.05) is 35.5 Å². The zero-order valence-electron chi connectivity index (χ0n) is 16.1. The van der Waals surface area contributed by atoms with Crippen LogP contribution in [0.3, 0.4) is 0 Å². The Hall–Kier alpha value is -3.92. The van der Waals surface area contributed by atoms with E-state index in [0.717, 1.165) is 16.8 Å². The molecule has 0 aliphatic heterocycles. The molecule has 0 unspecified atom stereocenters. The molecule has 0 bridgehead atoms. The van der Waals surface area contributed by atoms with Crippen molar-refractivity contribution in [2.24, 2.45) is 0 Å². The number of carbonyl (C=O) groups is 1. The molecule has 0 aliphatic rings. The van der Waals surface area contributed by atoms with Gasteiger partial charge in [-0.15, -0.1) is 16.4 Å². The summed E-state index contributed by atoms with van der Waals surface area (Å²) in [7, 11) is 0. The molecule has 0 atom stereocenters. The van der Waals surface area contributed by atoms with E-state index in [2.05, 4.69) is 20.6 Å². The molecule has 0 radical (unpaired) electrons. The summed E-state index contributed by atoms with van der Waals surface area (Å²) in [4.78, 5) is 27.7. The predicted octanol–water partition coefficient (Wildman–Crippen LogP) is 4.17. The van der Waals surface area contributed by atoms with Gasteiger partial charge < -0.3 is 0 Å². The lowest BCUT2D eigenvalue weighted by molar-refractivity contribution is -0.384. The van der Waals surface area contributed by atoms with Gasteiger partial charge in [0.25, 0.3) is 11.6 Å². The number of nitro benzene ring substituents is 1. The number of nitro groups is 1. The minimum absolute atomic E-state index is 0.0695. The molecule has 0 aliphatic carbocycles. The van der Waals surface area contributed by atoms with E-state index in [9.17, 15) is 14.9 Å². The molecule has 2 aromatic heterocycles. The molecule has 1 amide bonds. The number of nitrogens with zero attached hydrogens (tertiary/aromatic N) is 5. The highest BCUT2D eigenvalue weighted by Gasteiger charge is 2.20. The molecule has 9 nitrogen and oxygen atoms in total. The van der Waals surface area contributed by atoms with Gasteiger partial charge in [0.15, 0.2) is 10.8 Å². The van der Waals surface area contributed by atoms with Crippen LogP contribution >= 0.6 is 11.3 Å². The monoisotopic (exact) mass is 420 g/mol. The van der Waals surface area contributed by atoms with Gasteiger partial charge in [0.2, 0.25) is 0 Å². The Morgan fingerprint density at radius 2 is 1.97 bits per heavy atom. The number of rotatable bonds is 5. The molecule has 30 heavy (non-hydrogen) atoms. The van der Waals surface area contributed by atoms with Crippen LogP contribution in [-0.2, 0) is 0 Å². The highest BCUT2D eigenvalue weighted by molar-refractivity contribution is 7.14. The van der Waals surface area contributed by atoms with Gasteiger partial charge in [-0.3, -0.25) is 20.2 Å². The number of hydrogen-bond acceptors (Lipinski definition) is 7. The zero-order valence-corrected chi connectivity index (χ0v) is 16.9. The van der Waals surface area contributed by atoms with E-state index in [4.69, 9.17) is 0 Å². The Balaban J connectivity index is 1.56. The lowest BCUT2D eigenvalue weighted by atomic mass is 10.1. The SMILES string of the molecule is Cc1ccccc1-c1csc(NC(=O)c2nnn(-c3cccc([N+](=O)[O-])c3)c2C)n1. The Morgan fingerprint density at radius 1 is 1.17 bits per heavy atom. The Kier molecular flexibility index (Phi) is 5.07. The Labute approximate surface area is 175 Å². The lowest BCUT2D eigenvalue weighted by Gasteiger charge is -2.04. The van der Waals surface area contributed by atoms with Crippen LogP contribution in [-0.4, -0.2) is 30.8 Å². The second-order valence-corrected chi connectivity index (χ2v) is 7.38. The highest BCUT2D eigenvalue weighted by Crippen LogP contribution is 2.27. The second-order valence-electron chi connectivity index (χ2n) is 6.52. The lowest BCUT2D eigenvalue weighted by Crippen LogP contribution is -2.14. The van der Waals surface area contributed by atoms with Crippen molar-refractivity contribution in [1.29, 1.82) is 0 Å². The molecule has 150 valence electrons. The third-order valence-electron chi connectivity index (χ3n) is 4.54. The van der Waals surface area contributed by atoms with E-state index < -0.39 is 10.8 Å². The number of aryl methyl sites for hydroxylation is 1. The molecular weight excluding hydrogens is 404 g/mol. The molecule has 1 N–H and O–H groups in total. The Morgan fingerprint density at radius 3 is 2.73 bits per heavy atom. The number of hydrogen-bond donors (Lipinski definition) is 1. The summed E-state index contributed by atoms with van der Waals surface area (Å²) >= 11 is 1.32. The van der Waals surface area contributed by atoms with Gasteiger partial charge in [-0.2, -0.15) is 0 Å². The van der Waals surface area contributed by atoms with Crippen molar-refractivity contribution in [3.05, 3.63) is 81.0 Å². The van der Waals surface area contributed by atoms with Crippen molar-refractivity contribution in [2.45, 2.75) is 13.8 Å². The topological polar surface area (TPSA) is 116 Å². The molecule has 0 saturated carbocycles. The fraction of sp³-hybridized carbons (Fsp3) is 0.100. The quantitative estimate of drug-likeness (QED) is 0.383. The second kappa shape index (κ2) is 7.84. The number of carbonyl (C=O) groups excluding carboxylic acids is 1. The first-order valence-corrected chi connectivity index (χ1v) is 9.82. The van der Waals surface area contributed by atoms with Gasteiger partial charge in [0.05, 0.1) is 22.0 Å². The summed E-state index contributed by atoms with van der Waals surface area (Å²) < 4.78 is 1.39. The summed E-state index contributed by atoms with van der Waals surface area (Å²) in [5.74, 6) is -0.449. The van der Waals surface area contributed by atoms with Crippen LogP contribution in [0, 0.1) is 24.0 Å². The summed E-state index contributed by atoms with van der Waals surface area (Å²) in [6.45, 7) is 3.68. The van der Waals surface area contributed by atoms with Gasteiger partial charge in [-0.05, 0) is 25.5 Å². The molecule has 2 heterocycles. The maximum absolute atomic E-state index is 12.7. The fourth-order valence-electron chi connectivity index (χ4n) is 2.99. The minimum Gasteiger partial charge on any atom is -0.296 e. The van der Waals surface area contributed by atoms with E-state index in [-0.39, 0.29) is 11.4 Å². The van der Waals surface area contributed by atoms with Crippen LogP contribution in [0.25, 0.3) is 16.9 Å². The van der Waals surface area contributed by atoms with Crippen LogP contribution in [0.1, 0.15) is 21.7 Å². The van der Waals surface area contributed by atoms with E-state index in [1.807, 2.05) is 36.6 Å². The summed E-state index contributed by atoms with van der Waals surface area (Å²) in [6.07, 6.45) is 0. The first kappa shape index (κ1) is 19.4. The van der Waals surface area contributed by atoms with E-state index in [0.29, 0.717) is 16.5 Å². The first-order chi connectivity index (χ1) is 14.4. The van der Waals surface area contributed by atoms with Crippen molar-refractivity contribution < 1.29 is 9.72 Å². The molecular formula is C20H16N6O3S. The number of thiazole rings is 1. The van der Waals surface area contributed by atoms with Crippen LogP contribution < -0.4 is 5.32 Å². The third-order valence-corrected chi connectivity index (χ3v) is 5.30. The summed E-state index contributed by atoms with van der Waals surface area (Å²) in [5.41, 5.74) is 3.84. The zero-order chi connectivity index (χ0) is 21.3. The van der Waals surface area contributed by atoms with Crippen LogP contribution in [0.2, 0.25) is 0 Å². The third kappa shape index (κ3) is 3.67. The normalized spacial score (nSPS) is 10.7.